The van der Waals surface area contributed by atoms with E-state index < -0.39 is 0 Å². The number of nitrogens with one attached hydrogen (secondary N) is 1. The highest BCUT2D eigenvalue weighted by Gasteiger charge is 2.19. The summed E-state index contributed by atoms with van der Waals surface area (Å²) in [6.07, 6.45) is 2.91. The third kappa shape index (κ3) is 5.40. The number of carbonyl (C=O) groups is 1. The standard InChI is InChI=1S/C15H22N4O2/c1-3-8-17-14-13(6-4-9-18-14)15(20)19(10-5-7-16)11-12-21-2/h4,6,9H,3,5,8,10-12H2,1-2H3,(H,17,18). The minimum Gasteiger partial charge on any atom is -0.383 e. The number of carbonyl (C=O) groups excluding carboxylic acids is 1. The molecule has 0 atom stereocenters. The number of nitriles is 1. The average Bonchev–Trinajstić information content (AvgIpc) is 2.52. The van der Waals surface area contributed by atoms with Gasteiger partial charge in [0.25, 0.3) is 5.91 Å². The van der Waals surface area contributed by atoms with Crippen molar-refractivity contribution >= 4 is 11.7 Å². The minimum absolute atomic E-state index is 0.131. The molecule has 21 heavy (non-hydrogen) atoms. The van der Waals surface area contributed by atoms with E-state index in [4.69, 9.17) is 10.00 Å². The highest BCUT2D eigenvalue weighted by atomic mass is 16.5. The molecule has 0 aromatic carbocycles. The predicted octanol–water partition coefficient (Wildman–Crippen LogP) is 1.91. The number of methoxy groups -OCH3 is 1. The fourth-order valence-electron chi connectivity index (χ4n) is 1.83. The van der Waals surface area contributed by atoms with Crippen molar-refractivity contribution in [3.8, 4) is 6.07 Å². The first-order chi connectivity index (χ1) is 10.2. The molecule has 0 aliphatic carbocycles. The molecule has 1 aromatic heterocycles. The van der Waals surface area contributed by atoms with Crippen molar-refractivity contribution < 1.29 is 9.53 Å². The van der Waals surface area contributed by atoms with Crippen molar-refractivity contribution in [2.75, 3.05) is 38.7 Å². The third-order valence-electron chi connectivity index (χ3n) is 2.93. The second-order valence-electron chi connectivity index (χ2n) is 4.52. The average molecular weight is 290 g/mol. The van der Waals surface area contributed by atoms with Gasteiger partial charge in [0.15, 0.2) is 0 Å². The van der Waals surface area contributed by atoms with Crippen molar-refractivity contribution in [1.29, 1.82) is 5.26 Å². The molecule has 0 spiro atoms. The Kier molecular flexibility index (Phi) is 7.84. The number of anilines is 1. The van der Waals surface area contributed by atoms with Crippen LogP contribution in [-0.2, 0) is 4.74 Å². The maximum atomic E-state index is 12.6. The van der Waals surface area contributed by atoms with Crippen LogP contribution in [0.15, 0.2) is 18.3 Å². The van der Waals surface area contributed by atoms with Gasteiger partial charge in [0.1, 0.15) is 5.82 Å². The molecule has 1 rings (SSSR count). The molecule has 0 unspecified atom stereocenters. The Labute approximate surface area is 125 Å². The largest absolute Gasteiger partial charge is 0.383 e. The van der Waals surface area contributed by atoms with Gasteiger partial charge in [-0.05, 0) is 18.6 Å². The molecule has 1 N–H and O–H groups in total. The summed E-state index contributed by atoms with van der Waals surface area (Å²) in [4.78, 5) is 18.5. The molecule has 0 radical (unpaired) electrons. The van der Waals surface area contributed by atoms with Crippen LogP contribution in [0, 0.1) is 11.3 Å². The van der Waals surface area contributed by atoms with Crippen LogP contribution < -0.4 is 5.32 Å². The van der Waals surface area contributed by atoms with E-state index in [-0.39, 0.29) is 5.91 Å². The number of ether oxygens (including phenoxy) is 1. The Balaban J connectivity index is 2.88. The zero-order valence-electron chi connectivity index (χ0n) is 12.6. The van der Waals surface area contributed by atoms with Gasteiger partial charge in [-0.3, -0.25) is 4.79 Å². The molecule has 1 heterocycles. The van der Waals surface area contributed by atoms with Crippen LogP contribution in [0.25, 0.3) is 0 Å². The highest BCUT2D eigenvalue weighted by Crippen LogP contribution is 2.14. The molecule has 0 bridgehead atoms. The van der Waals surface area contributed by atoms with E-state index in [1.807, 2.05) is 0 Å². The topological polar surface area (TPSA) is 78.3 Å². The van der Waals surface area contributed by atoms with Crippen LogP contribution in [0.1, 0.15) is 30.1 Å². The number of hydrogen-bond donors (Lipinski definition) is 1. The number of aromatic nitrogens is 1. The highest BCUT2D eigenvalue weighted by molar-refractivity contribution is 5.98. The molecule has 0 aliphatic heterocycles. The molecule has 0 aliphatic rings. The zero-order chi connectivity index (χ0) is 15.5. The van der Waals surface area contributed by atoms with E-state index >= 15 is 0 Å². The Morgan fingerprint density at radius 3 is 3.00 bits per heavy atom. The van der Waals surface area contributed by atoms with E-state index in [0.29, 0.717) is 37.5 Å². The number of nitrogens with zero attached hydrogens (tertiary/aromatic N) is 3. The Morgan fingerprint density at radius 2 is 2.33 bits per heavy atom. The number of amides is 1. The van der Waals surface area contributed by atoms with Gasteiger partial charge in [0, 0.05) is 32.9 Å². The summed E-state index contributed by atoms with van der Waals surface area (Å²) in [7, 11) is 1.59. The monoisotopic (exact) mass is 290 g/mol. The lowest BCUT2D eigenvalue weighted by atomic mass is 10.2. The smallest absolute Gasteiger partial charge is 0.257 e. The van der Waals surface area contributed by atoms with E-state index in [1.54, 1.807) is 30.3 Å². The number of pyridine rings is 1. The van der Waals surface area contributed by atoms with Gasteiger partial charge in [-0.25, -0.2) is 4.98 Å². The molecule has 1 amide bonds. The van der Waals surface area contributed by atoms with Crippen LogP contribution in [0.4, 0.5) is 5.82 Å². The van der Waals surface area contributed by atoms with Crippen LogP contribution in [0.2, 0.25) is 0 Å². The molecule has 114 valence electrons. The summed E-state index contributed by atoms with van der Waals surface area (Å²) in [6.45, 7) is 4.10. The van der Waals surface area contributed by atoms with Crippen molar-refractivity contribution in [3.63, 3.8) is 0 Å². The SMILES string of the molecule is CCCNc1ncccc1C(=O)N(CCC#N)CCOC. The predicted molar refractivity (Wildman–Crippen MR) is 81.0 cm³/mol. The lowest BCUT2D eigenvalue weighted by molar-refractivity contribution is 0.0700. The Bertz CT molecular complexity index is 485. The summed E-state index contributed by atoms with van der Waals surface area (Å²) in [5.74, 6) is 0.456. The van der Waals surface area contributed by atoms with Gasteiger partial charge in [-0.15, -0.1) is 0 Å². The first-order valence-electron chi connectivity index (χ1n) is 7.08. The molecule has 6 nitrogen and oxygen atoms in total. The summed E-state index contributed by atoms with van der Waals surface area (Å²) in [5, 5.41) is 11.9. The molecule has 6 heteroatoms. The van der Waals surface area contributed by atoms with Gasteiger partial charge >= 0.3 is 0 Å². The summed E-state index contributed by atoms with van der Waals surface area (Å²) in [6, 6.07) is 5.55. The van der Waals surface area contributed by atoms with Crippen molar-refractivity contribution in [2.45, 2.75) is 19.8 Å². The van der Waals surface area contributed by atoms with Crippen molar-refractivity contribution in [3.05, 3.63) is 23.9 Å². The van der Waals surface area contributed by atoms with Gasteiger partial charge in [-0.1, -0.05) is 6.92 Å². The van der Waals surface area contributed by atoms with Crippen LogP contribution in [0.5, 0.6) is 0 Å². The van der Waals surface area contributed by atoms with Crippen LogP contribution in [-0.4, -0.2) is 49.1 Å². The minimum atomic E-state index is -0.131. The van der Waals surface area contributed by atoms with Gasteiger partial charge in [0.2, 0.25) is 0 Å². The molecule has 0 saturated heterocycles. The van der Waals surface area contributed by atoms with E-state index in [1.165, 1.54) is 0 Å². The molecule has 0 saturated carbocycles. The molecule has 0 fully saturated rings. The Morgan fingerprint density at radius 1 is 1.52 bits per heavy atom. The van der Waals surface area contributed by atoms with E-state index in [2.05, 4.69) is 23.3 Å². The molecular weight excluding hydrogens is 268 g/mol. The summed E-state index contributed by atoms with van der Waals surface area (Å²) >= 11 is 0. The van der Waals surface area contributed by atoms with E-state index in [0.717, 1.165) is 13.0 Å². The quantitative estimate of drug-likeness (QED) is 0.751. The second-order valence-corrected chi connectivity index (χ2v) is 4.52. The lowest BCUT2D eigenvalue weighted by Crippen LogP contribution is -2.35. The van der Waals surface area contributed by atoms with Gasteiger partial charge < -0.3 is 15.0 Å². The van der Waals surface area contributed by atoms with Crippen molar-refractivity contribution in [2.24, 2.45) is 0 Å². The molecule has 1 aromatic rings. The first kappa shape index (κ1) is 16.9. The number of rotatable bonds is 9. The lowest BCUT2D eigenvalue weighted by Gasteiger charge is -2.22. The first-order valence-corrected chi connectivity index (χ1v) is 7.08. The fraction of sp³-hybridized carbons (Fsp3) is 0.533. The normalized spacial score (nSPS) is 9.95. The number of hydrogen-bond acceptors (Lipinski definition) is 5. The maximum absolute atomic E-state index is 12.6. The third-order valence-corrected chi connectivity index (χ3v) is 2.93. The van der Waals surface area contributed by atoms with Crippen LogP contribution in [0.3, 0.4) is 0 Å². The molecular formula is C15H22N4O2. The fourth-order valence-corrected chi connectivity index (χ4v) is 1.83. The van der Waals surface area contributed by atoms with Gasteiger partial charge in [-0.2, -0.15) is 5.26 Å². The van der Waals surface area contributed by atoms with Crippen LogP contribution >= 0.6 is 0 Å². The maximum Gasteiger partial charge on any atom is 0.257 e. The van der Waals surface area contributed by atoms with Gasteiger partial charge in [0.05, 0.1) is 24.7 Å². The second kappa shape index (κ2) is 9.72. The van der Waals surface area contributed by atoms with E-state index in [9.17, 15) is 4.79 Å². The summed E-state index contributed by atoms with van der Waals surface area (Å²) < 4.78 is 5.03. The zero-order valence-corrected chi connectivity index (χ0v) is 12.6. The summed E-state index contributed by atoms with van der Waals surface area (Å²) in [5.41, 5.74) is 0.528. The Hall–Kier alpha value is -2.13. The van der Waals surface area contributed by atoms with Crippen molar-refractivity contribution in [1.82, 2.24) is 9.88 Å².